The lowest BCUT2D eigenvalue weighted by atomic mass is 9.60. The normalized spacial score (nSPS) is 22.7. The van der Waals surface area contributed by atoms with Crippen LogP contribution in [-0.2, 0) is 0 Å². The summed E-state index contributed by atoms with van der Waals surface area (Å²) < 4.78 is 0. The maximum atomic E-state index is 9.12. The number of hydrogen-bond donors (Lipinski definition) is 3. The fourth-order valence-electron chi connectivity index (χ4n) is 1.22. The smallest absolute Gasteiger partial charge is 0.315 e. The Hall–Kier alpha value is -0.315. The van der Waals surface area contributed by atoms with E-state index in [4.69, 9.17) is 15.2 Å². The summed E-state index contributed by atoms with van der Waals surface area (Å²) in [7, 11) is 0. The van der Waals surface area contributed by atoms with E-state index in [1.54, 1.807) is 12.9 Å². The minimum absolute atomic E-state index is 0.229. The first-order valence-electron chi connectivity index (χ1n) is 3.83. The lowest BCUT2D eigenvalue weighted by molar-refractivity contribution is -0.164. The van der Waals surface area contributed by atoms with Crippen molar-refractivity contribution < 1.29 is 15.2 Å². The first-order chi connectivity index (χ1) is 5.01. The third kappa shape index (κ3) is 2.32. The molecule has 11 heavy (non-hydrogen) atoms. The highest BCUT2D eigenvalue weighted by Crippen LogP contribution is 2.25. The van der Waals surface area contributed by atoms with E-state index in [2.05, 4.69) is 0 Å². The van der Waals surface area contributed by atoms with Crippen LogP contribution in [0.4, 0.5) is 0 Å². The summed E-state index contributed by atoms with van der Waals surface area (Å²) in [5.41, 5.74) is 0.906. The topological polar surface area (TPSA) is 60.7 Å². The third-order valence-electron chi connectivity index (χ3n) is 2.04. The van der Waals surface area contributed by atoms with E-state index in [9.17, 15) is 0 Å². The molecule has 0 atom stereocenters. The molecule has 0 bridgehead atoms. The Bertz CT molecular complexity index is 175. The molecule has 0 aromatic rings. The van der Waals surface area contributed by atoms with Crippen LogP contribution in [0.25, 0.3) is 0 Å². The van der Waals surface area contributed by atoms with Crippen molar-refractivity contribution >= 4 is 6.92 Å². The molecule has 1 aliphatic rings. The van der Waals surface area contributed by atoms with Crippen molar-refractivity contribution in [3.8, 4) is 0 Å². The van der Waals surface area contributed by atoms with Gasteiger partial charge in [0.05, 0.1) is 0 Å². The van der Waals surface area contributed by atoms with Crippen LogP contribution in [-0.4, -0.2) is 27.9 Å². The zero-order valence-corrected chi connectivity index (χ0v) is 6.62. The van der Waals surface area contributed by atoms with Gasteiger partial charge in [-0.25, -0.2) is 0 Å². The van der Waals surface area contributed by atoms with Crippen molar-refractivity contribution in [2.24, 2.45) is 0 Å². The summed E-state index contributed by atoms with van der Waals surface area (Å²) >= 11 is 0. The van der Waals surface area contributed by atoms with Gasteiger partial charge in [-0.2, -0.15) is 0 Å². The molecular formula is C7H13BO3. The van der Waals surface area contributed by atoms with E-state index in [0.717, 1.165) is 5.47 Å². The molecule has 0 saturated carbocycles. The van der Waals surface area contributed by atoms with E-state index in [-0.39, 0.29) is 6.42 Å². The van der Waals surface area contributed by atoms with Crippen LogP contribution in [0.15, 0.2) is 11.5 Å². The monoisotopic (exact) mass is 156 g/mol. The zero-order valence-electron chi connectivity index (χ0n) is 6.62. The Morgan fingerprint density at radius 2 is 2.18 bits per heavy atom. The Labute approximate surface area is 66.5 Å². The largest absolute Gasteiger partial charge is 0.447 e. The zero-order chi connectivity index (χ0) is 8.48. The van der Waals surface area contributed by atoms with Gasteiger partial charge in [-0.15, -0.1) is 0 Å². The van der Waals surface area contributed by atoms with E-state index >= 15 is 0 Å². The minimum atomic E-state index is -1.54. The maximum Gasteiger partial charge on any atom is 0.315 e. The second-order valence-electron chi connectivity index (χ2n) is 3.14. The SMILES string of the molecule is CB(O)C1=CCC(O)(O)CC1. The van der Waals surface area contributed by atoms with Crippen molar-refractivity contribution in [3.63, 3.8) is 0 Å². The van der Waals surface area contributed by atoms with Gasteiger partial charge >= 0.3 is 6.92 Å². The Kier molecular flexibility index (Phi) is 2.37. The molecule has 4 heteroatoms. The first kappa shape index (κ1) is 8.78. The van der Waals surface area contributed by atoms with Crippen LogP contribution >= 0.6 is 0 Å². The molecule has 3 nitrogen and oxygen atoms in total. The second kappa shape index (κ2) is 2.97. The summed E-state index contributed by atoms with van der Waals surface area (Å²) in [5, 5.41) is 27.3. The van der Waals surface area contributed by atoms with E-state index in [1.165, 1.54) is 0 Å². The van der Waals surface area contributed by atoms with Crippen LogP contribution in [0.1, 0.15) is 19.3 Å². The number of aliphatic hydroxyl groups is 2. The summed E-state index contributed by atoms with van der Waals surface area (Å²) in [6, 6.07) is 0. The van der Waals surface area contributed by atoms with Gasteiger partial charge in [0.15, 0.2) is 5.79 Å². The quantitative estimate of drug-likeness (QED) is 0.367. The fourth-order valence-corrected chi connectivity index (χ4v) is 1.22. The van der Waals surface area contributed by atoms with Crippen LogP contribution < -0.4 is 0 Å². The summed E-state index contributed by atoms with van der Waals surface area (Å²) in [6.45, 7) is 1.24. The Balaban J connectivity index is 2.58. The third-order valence-corrected chi connectivity index (χ3v) is 2.04. The van der Waals surface area contributed by atoms with Crippen LogP contribution in [0.5, 0.6) is 0 Å². The van der Waals surface area contributed by atoms with Crippen molar-refractivity contribution in [3.05, 3.63) is 11.5 Å². The van der Waals surface area contributed by atoms with Crippen LogP contribution in [0, 0.1) is 0 Å². The predicted octanol–water partition coefficient (Wildman–Crippen LogP) is -0.0696. The lowest BCUT2D eigenvalue weighted by Gasteiger charge is -2.26. The van der Waals surface area contributed by atoms with Crippen molar-refractivity contribution in [2.75, 3.05) is 0 Å². The molecule has 0 spiro atoms. The fraction of sp³-hybridized carbons (Fsp3) is 0.714. The Morgan fingerprint density at radius 3 is 2.55 bits per heavy atom. The molecule has 0 heterocycles. The highest BCUT2D eigenvalue weighted by Gasteiger charge is 2.27. The van der Waals surface area contributed by atoms with Gasteiger partial charge < -0.3 is 15.2 Å². The van der Waals surface area contributed by atoms with Crippen LogP contribution in [0.2, 0.25) is 6.82 Å². The summed E-state index contributed by atoms with van der Waals surface area (Å²) in [4.78, 5) is 0. The highest BCUT2D eigenvalue weighted by atomic mass is 16.5. The molecule has 0 amide bonds. The molecule has 1 aliphatic carbocycles. The molecule has 3 N–H and O–H groups in total. The van der Waals surface area contributed by atoms with Gasteiger partial charge in [0.1, 0.15) is 0 Å². The van der Waals surface area contributed by atoms with Gasteiger partial charge in [0.25, 0.3) is 0 Å². The van der Waals surface area contributed by atoms with Gasteiger partial charge in [0, 0.05) is 12.8 Å². The molecule has 0 aromatic carbocycles. The van der Waals surface area contributed by atoms with Crippen LogP contribution in [0.3, 0.4) is 0 Å². The van der Waals surface area contributed by atoms with Crippen molar-refractivity contribution in [2.45, 2.75) is 31.9 Å². The lowest BCUT2D eigenvalue weighted by Crippen LogP contribution is -2.31. The van der Waals surface area contributed by atoms with Crippen molar-refractivity contribution in [1.29, 1.82) is 0 Å². The van der Waals surface area contributed by atoms with E-state index in [0.29, 0.717) is 12.8 Å². The molecule has 0 unspecified atom stereocenters. The highest BCUT2D eigenvalue weighted by molar-refractivity contribution is 6.57. The molecule has 0 saturated heterocycles. The second-order valence-corrected chi connectivity index (χ2v) is 3.14. The molecule has 62 valence electrons. The van der Waals surface area contributed by atoms with E-state index in [1.807, 2.05) is 0 Å². The molecule has 0 aromatic heterocycles. The molecule has 1 rings (SSSR count). The first-order valence-corrected chi connectivity index (χ1v) is 3.83. The average Bonchev–Trinajstić information content (AvgIpc) is 1.86. The van der Waals surface area contributed by atoms with Gasteiger partial charge in [-0.1, -0.05) is 18.4 Å². The number of rotatable bonds is 1. The molecule has 0 fully saturated rings. The molecular weight excluding hydrogens is 143 g/mol. The molecule has 0 radical (unpaired) electrons. The predicted molar refractivity (Wildman–Crippen MR) is 42.9 cm³/mol. The summed E-state index contributed by atoms with van der Waals surface area (Å²) in [6.07, 6.45) is 2.83. The summed E-state index contributed by atoms with van der Waals surface area (Å²) in [5.74, 6) is -1.54. The van der Waals surface area contributed by atoms with Gasteiger partial charge in [-0.3, -0.25) is 0 Å². The van der Waals surface area contributed by atoms with E-state index < -0.39 is 12.7 Å². The number of allylic oxidation sites excluding steroid dienone is 1. The number of hydrogen-bond acceptors (Lipinski definition) is 3. The maximum absolute atomic E-state index is 9.12. The van der Waals surface area contributed by atoms with Gasteiger partial charge in [-0.05, 0) is 6.42 Å². The standard InChI is InChI=1S/C7H13BO3/c1-8(11)6-2-4-7(9,10)5-3-6/h2,9-11H,3-5H2,1H3. The minimum Gasteiger partial charge on any atom is -0.447 e. The van der Waals surface area contributed by atoms with Crippen molar-refractivity contribution in [1.82, 2.24) is 0 Å². The average molecular weight is 156 g/mol. The van der Waals surface area contributed by atoms with Gasteiger partial charge in [0.2, 0.25) is 0 Å². The Morgan fingerprint density at radius 1 is 1.55 bits per heavy atom. The molecule has 0 aliphatic heterocycles.